The summed E-state index contributed by atoms with van der Waals surface area (Å²) in [5.74, 6) is 1.81. The van der Waals surface area contributed by atoms with E-state index in [0.29, 0.717) is 5.41 Å². The maximum Gasteiger partial charge on any atom is 0.00503 e. The SMILES string of the molecule is CCNCC1(CN2CCC(C(C)C)C2)CCCCC1. The highest BCUT2D eigenvalue weighted by Crippen LogP contribution is 2.38. The molecule has 2 rings (SSSR count). The van der Waals surface area contributed by atoms with Crippen molar-refractivity contribution in [3.8, 4) is 0 Å². The number of nitrogens with zero attached hydrogens (tertiary/aromatic N) is 1. The van der Waals surface area contributed by atoms with Gasteiger partial charge in [0.25, 0.3) is 0 Å². The molecule has 1 aliphatic heterocycles. The number of hydrogen-bond donors (Lipinski definition) is 1. The Morgan fingerprint density at radius 1 is 1.21 bits per heavy atom. The molecule has 0 aromatic carbocycles. The molecular formula is C17H34N2. The summed E-state index contributed by atoms with van der Waals surface area (Å²) < 4.78 is 0. The summed E-state index contributed by atoms with van der Waals surface area (Å²) in [6, 6.07) is 0. The van der Waals surface area contributed by atoms with Crippen LogP contribution >= 0.6 is 0 Å². The quantitative estimate of drug-likeness (QED) is 0.791. The van der Waals surface area contributed by atoms with Gasteiger partial charge in [-0.25, -0.2) is 0 Å². The molecule has 1 atom stereocenters. The summed E-state index contributed by atoms with van der Waals surface area (Å²) in [5.41, 5.74) is 0.583. The van der Waals surface area contributed by atoms with Gasteiger partial charge in [0.15, 0.2) is 0 Å². The van der Waals surface area contributed by atoms with Crippen molar-refractivity contribution < 1.29 is 0 Å². The van der Waals surface area contributed by atoms with Crippen molar-refractivity contribution in [1.82, 2.24) is 10.2 Å². The van der Waals surface area contributed by atoms with Gasteiger partial charge in [-0.2, -0.15) is 0 Å². The van der Waals surface area contributed by atoms with Crippen molar-refractivity contribution in [1.29, 1.82) is 0 Å². The van der Waals surface area contributed by atoms with Crippen molar-refractivity contribution in [2.45, 2.75) is 59.3 Å². The third-order valence-electron chi connectivity index (χ3n) is 5.47. The standard InChI is InChI=1S/C17H34N2/c1-4-18-13-17(9-6-5-7-10-17)14-19-11-8-16(12-19)15(2)3/h15-16,18H,4-14H2,1-3H3. The first kappa shape index (κ1) is 15.3. The van der Waals surface area contributed by atoms with Gasteiger partial charge in [0, 0.05) is 19.6 Å². The lowest BCUT2D eigenvalue weighted by Crippen LogP contribution is -2.45. The van der Waals surface area contributed by atoms with Crippen LogP contribution in [0.2, 0.25) is 0 Å². The molecule has 1 saturated carbocycles. The zero-order chi connectivity index (χ0) is 13.7. The highest BCUT2D eigenvalue weighted by Gasteiger charge is 2.36. The molecule has 0 radical (unpaired) electrons. The third-order valence-corrected chi connectivity index (χ3v) is 5.47. The predicted molar refractivity (Wildman–Crippen MR) is 83.4 cm³/mol. The van der Waals surface area contributed by atoms with Crippen molar-refractivity contribution in [3.05, 3.63) is 0 Å². The molecule has 19 heavy (non-hydrogen) atoms. The molecule has 0 amide bonds. The summed E-state index contributed by atoms with van der Waals surface area (Å²) in [6.45, 7) is 13.4. The molecule has 1 heterocycles. The van der Waals surface area contributed by atoms with Gasteiger partial charge in [0.1, 0.15) is 0 Å². The van der Waals surface area contributed by atoms with Crippen LogP contribution < -0.4 is 5.32 Å². The van der Waals surface area contributed by atoms with E-state index in [4.69, 9.17) is 0 Å². The van der Waals surface area contributed by atoms with E-state index in [-0.39, 0.29) is 0 Å². The number of hydrogen-bond acceptors (Lipinski definition) is 2. The lowest BCUT2D eigenvalue weighted by Gasteiger charge is -2.40. The molecule has 1 unspecified atom stereocenters. The molecule has 2 nitrogen and oxygen atoms in total. The minimum Gasteiger partial charge on any atom is -0.316 e. The number of nitrogens with one attached hydrogen (secondary N) is 1. The van der Waals surface area contributed by atoms with Crippen LogP contribution in [-0.2, 0) is 0 Å². The topological polar surface area (TPSA) is 15.3 Å². The Balaban J connectivity index is 1.89. The Morgan fingerprint density at radius 2 is 1.95 bits per heavy atom. The maximum atomic E-state index is 3.64. The Labute approximate surface area is 120 Å². The molecule has 2 fully saturated rings. The zero-order valence-corrected chi connectivity index (χ0v) is 13.4. The molecular weight excluding hydrogens is 232 g/mol. The van der Waals surface area contributed by atoms with Crippen LogP contribution in [0, 0.1) is 17.3 Å². The molecule has 0 spiro atoms. The Hall–Kier alpha value is -0.0800. The van der Waals surface area contributed by atoms with E-state index < -0.39 is 0 Å². The molecule has 2 heteroatoms. The van der Waals surface area contributed by atoms with Gasteiger partial charge in [-0.3, -0.25) is 0 Å². The molecule has 0 aromatic heterocycles. The summed E-state index contributed by atoms with van der Waals surface area (Å²) in [6.07, 6.45) is 8.68. The molecule has 1 saturated heterocycles. The first-order valence-corrected chi connectivity index (χ1v) is 8.58. The molecule has 1 N–H and O–H groups in total. The van der Waals surface area contributed by atoms with Crippen molar-refractivity contribution in [2.75, 3.05) is 32.7 Å². The van der Waals surface area contributed by atoms with E-state index in [1.165, 1.54) is 64.7 Å². The second kappa shape index (κ2) is 7.08. The first-order chi connectivity index (χ1) is 9.15. The van der Waals surface area contributed by atoms with Crippen LogP contribution in [0.5, 0.6) is 0 Å². The largest absolute Gasteiger partial charge is 0.316 e. The second-order valence-electron chi connectivity index (χ2n) is 7.37. The minimum atomic E-state index is 0.583. The van der Waals surface area contributed by atoms with E-state index in [0.717, 1.165) is 18.4 Å². The van der Waals surface area contributed by atoms with Gasteiger partial charge in [-0.1, -0.05) is 40.0 Å². The zero-order valence-electron chi connectivity index (χ0n) is 13.4. The van der Waals surface area contributed by atoms with E-state index in [9.17, 15) is 0 Å². The van der Waals surface area contributed by atoms with E-state index >= 15 is 0 Å². The summed E-state index contributed by atoms with van der Waals surface area (Å²) >= 11 is 0. The van der Waals surface area contributed by atoms with Gasteiger partial charge in [-0.05, 0) is 49.6 Å². The summed E-state index contributed by atoms with van der Waals surface area (Å²) in [5, 5.41) is 3.64. The Kier molecular flexibility index (Phi) is 5.70. The highest BCUT2D eigenvalue weighted by molar-refractivity contribution is 4.90. The third kappa shape index (κ3) is 4.19. The van der Waals surface area contributed by atoms with Crippen LogP contribution in [0.4, 0.5) is 0 Å². The highest BCUT2D eigenvalue weighted by atomic mass is 15.2. The Morgan fingerprint density at radius 3 is 2.53 bits per heavy atom. The van der Waals surface area contributed by atoms with E-state index in [1.54, 1.807) is 0 Å². The molecule has 2 aliphatic rings. The normalized spacial score (nSPS) is 28.1. The van der Waals surface area contributed by atoms with Crippen LogP contribution in [0.1, 0.15) is 59.3 Å². The average molecular weight is 266 g/mol. The fraction of sp³-hybridized carbons (Fsp3) is 1.00. The smallest absolute Gasteiger partial charge is 0.00503 e. The fourth-order valence-corrected chi connectivity index (χ4v) is 4.11. The molecule has 0 bridgehead atoms. The van der Waals surface area contributed by atoms with Crippen LogP contribution in [0.25, 0.3) is 0 Å². The molecule has 0 aromatic rings. The lowest BCUT2D eigenvalue weighted by molar-refractivity contribution is 0.113. The van der Waals surface area contributed by atoms with Gasteiger partial charge in [-0.15, -0.1) is 0 Å². The number of rotatable bonds is 6. The predicted octanol–water partition coefficient (Wildman–Crippen LogP) is 3.52. The van der Waals surface area contributed by atoms with Crippen LogP contribution in [0.3, 0.4) is 0 Å². The Bertz CT molecular complexity index is 256. The average Bonchev–Trinajstić information content (AvgIpc) is 2.86. The summed E-state index contributed by atoms with van der Waals surface area (Å²) in [4.78, 5) is 2.77. The fourth-order valence-electron chi connectivity index (χ4n) is 4.11. The second-order valence-corrected chi connectivity index (χ2v) is 7.37. The van der Waals surface area contributed by atoms with Gasteiger partial charge >= 0.3 is 0 Å². The molecule has 1 aliphatic carbocycles. The maximum absolute atomic E-state index is 3.64. The lowest BCUT2D eigenvalue weighted by atomic mass is 9.73. The van der Waals surface area contributed by atoms with Crippen LogP contribution in [-0.4, -0.2) is 37.6 Å². The van der Waals surface area contributed by atoms with E-state index in [2.05, 4.69) is 31.0 Å². The van der Waals surface area contributed by atoms with Crippen LogP contribution in [0.15, 0.2) is 0 Å². The van der Waals surface area contributed by atoms with Crippen molar-refractivity contribution in [2.24, 2.45) is 17.3 Å². The van der Waals surface area contributed by atoms with Gasteiger partial charge in [0.05, 0.1) is 0 Å². The first-order valence-electron chi connectivity index (χ1n) is 8.58. The van der Waals surface area contributed by atoms with Gasteiger partial charge in [0.2, 0.25) is 0 Å². The van der Waals surface area contributed by atoms with Gasteiger partial charge < -0.3 is 10.2 Å². The van der Waals surface area contributed by atoms with Crippen molar-refractivity contribution >= 4 is 0 Å². The van der Waals surface area contributed by atoms with Crippen molar-refractivity contribution in [3.63, 3.8) is 0 Å². The molecule has 112 valence electrons. The minimum absolute atomic E-state index is 0.583. The van der Waals surface area contributed by atoms with E-state index in [1.807, 2.05) is 0 Å². The monoisotopic (exact) mass is 266 g/mol. The summed E-state index contributed by atoms with van der Waals surface area (Å²) in [7, 11) is 0. The number of likely N-dealkylation sites (tertiary alicyclic amines) is 1.